The lowest BCUT2D eigenvalue weighted by atomic mass is 9.66. The molecular weight excluding hydrogens is 361 g/mol. The minimum atomic E-state index is -0.389. The van der Waals surface area contributed by atoms with Crippen molar-refractivity contribution >= 4 is 17.5 Å². The maximum absolute atomic E-state index is 14.2. The molecule has 0 unspecified atom stereocenters. The van der Waals surface area contributed by atoms with E-state index in [4.69, 9.17) is 0 Å². The monoisotopic (exact) mass is 381 g/mol. The second-order valence-electron chi connectivity index (χ2n) is 6.96. The van der Waals surface area contributed by atoms with E-state index >= 15 is 0 Å². The van der Waals surface area contributed by atoms with Gasteiger partial charge in [0.05, 0.1) is 17.7 Å². The Morgan fingerprint density at radius 1 is 1.25 bits per heavy atom. The van der Waals surface area contributed by atoms with Gasteiger partial charge in [-0.2, -0.15) is 0 Å². The molecule has 4 rings (SSSR count). The normalized spacial score (nSPS) is 14.9. The number of nitrogens with one attached hydrogen (secondary N) is 3. The Morgan fingerprint density at radius 2 is 2.11 bits per heavy atom. The van der Waals surface area contributed by atoms with Crippen LogP contribution in [0.4, 0.5) is 16.0 Å². The predicted molar refractivity (Wildman–Crippen MR) is 102 cm³/mol. The zero-order chi connectivity index (χ0) is 19.6. The molecule has 0 radical (unpaired) electrons. The van der Waals surface area contributed by atoms with Gasteiger partial charge in [0.25, 0.3) is 5.91 Å². The molecule has 1 saturated carbocycles. The third-order valence-corrected chi connectivity index (χ3v) is 5.14. The van der Waals surface area contributed by atoms with Crippen molar-refractivity contribution < 1.29 is 9.18 Å². The number of anilines is 2. The number of rotatable bonds is 6. The van der Waals surface area contributed by atoms with E-state index in [9.17, 15) is 9.18 Å². The lowest BCUT2D eigenvalue weighted by Gasteiger charge is -2.41. The highest BCUT2D eigenvalue weighted by Gasteiger charge is 2.41. The summed E-state index contributed by atoms with van der Waals surface area (Å²) in [6.45, 7) is 2.32. The maximum Gasteiger partial charge on any atom is 0.277 e. The van der Waals surface area contributed by atoms with Crippen molar-refractivity contribution in [3.63, 3.8) is 0 Å². The number of amides is 1. The Balaban J connectivity index is 1.41. The average Bonchev–Trinajstić information content (AvgIpc) is 3.07. The largest absolute Gasteiger partial charge is 0.368 e. The molecule has 0 atom stereocenters. The summed E-state index contributed by atoms with van der Waals surface area (Å²) in [6, 6.07) is 6.30. The van der Waals surface area contributed by atoms with Crippen LogP contribution >= 0.6 is 0 Å². The number of hydrogen-bond donors (Lipinski definition) is 3. The molecule has 1 amide bonds. The minimum absolute atomic E-state index is 0.182. The lowest BCUT2D eigenvalue weighted by molar-refractivity contribution is 0.102. The van der Waals surface area contributed by atoms with E-state index in [1.165, 1.54) is 12.4 Å². The first-order valence-electron chi connectivity index (χ1n) is 9.07. The number of aromatic nitrogens is 5. The number of carbonyl (C=O) groups is 1. The molecule has 0 bridgehead atoms. The molecule has 0 saturated heterocycles. The highest BCUT2D eigenvalue weighted by atomic mass is 19.1. The van der Waals surface area contributed by atoms with Crippen LogP contribution in [0.1, 0.15) is 41.1 Å². The van der Waals surface area contributed by atoms with Gasteiger partial charge in [0.2, 0.25) is 0 Å². The summed E-state index contributed by atoms with van der Waals surface area (Å²) in [5.74, 6) is 0.310. The van der Waals surface area contributed by atoms with Crippen molar-refractivity contribution in [3.8, 4) is 0 Å². The van der Waals surface area contributed by atoms with Gasteiger partial charge >= 0.3 is 0 Å². The van der Waals surface area contributed by atoms with Gasteiger partial charge in [0.15, 0.2) is 11.5 Å². The third kappa shape index (κ3) is 3.42. The van der Waals surface area contributed by atoms with Gasteiger partial charge in [-0.1, -0.05) is 6.42 Å². The van der Waals surface area contributed by atoms with Gasteiger partial charge in [0.1, 0.15) is 11.6 Å². The van der Waals surface area contributed by atoms with Crippen LogP contribution in [-0.2, 0) is 5.41 Å². The Labute approximate surface area is 161 Å². The molecule has 0 aromatic carbocycles. The second kappa shape index (κ2) is 7.34. The van der Waals surface area contributed by atoms with Gasteiger partial charge in [0, 0.05) is 18.2 Å². The van der Waals surface area contributed by atoms with Crippen LogP contribution in [-0.4, -0.2) is 37.6 Å². The van der Waals surface area contributed by atoms with Crippen molar-refractivity contribution in [2.45, 2.75) is 31.6 Å². The molecule has 0 spiro atoms. The molecular formula is C19H20FN7O. The van der Waals surface area contributed by atoms with Crippen molar-refractivity contribution in [2.75, 3.05) is 17.2 Å². The van der Waals surface area contributed by atoms with E-state index in [1.807, 2.05) is 6.92 Å². The van der Waals surface area contributed by atoms with Crippen molar-refractivity contribution in [2.24, 2.45) is 0 Å². The van der Waals surface area contributed by atoms with Gasteiger partial charge in [-0.3, -0.25) is 9.78 Å². The molecule has 3 heterocycles. The first-order chi connectivity index (χ1) is 13.6. The van der Waals surface area contributed by atoms with Gasteiger partial charge in [-0.25, -0.2) is 9.37 Å². The van der Waals surface area contributed by atoms with E-state index in [1.54, 1.807) is 24.4 Å². The zero-order valence-corrected chi connectivity index (χ0v) is 15.4. The van der Waals surface area contributed by atoms with Crippen molar-refractivity contribution in [3.05, 3.63) is 59.7 Å². The van der Waals surface area contributed by atoms with Crippen LogP contribution in [0.15, 0.2) is 36.8 Å². The standard InChI is InChI=1S/C19H20FN7O/c1-12-17(24-11-23-12)25-18(28)14-5-6-15(27-26-14)22-10-19(7-3-8-19)16-13(20)4-2-9-21-16/h2,4-6,9,11H,3,7-8,10H2,1H3,(H,22,27)(H,23,24)(H,25,28). The van der Waals surface area contributed by atoms with E-state index in [2.05, 4.69) is 35.8 Å². The van der Waals surface area contributed by atoms with E-state index in [0.717, 1.165) is 25.0 Å². The van der Waals surface area contributed by atoms with Gasteiger partial charge < -0.3 is 15.6 Å². The molecule has 1 aliphatic rings. The average molecular weight is 381 g/mol. The quantitative estimate of drug-likeness (QED) is 0.606. The number of imidazole rings is 1. The Bertz CT molecular complexity index is 982. The van der Waals surface area contributed by atoms with Crippen molar-refractivity contribution in [1.82, 2.24) is 25.1 Å². The highest BCUT2D eigenvalue weighted by Crippen LogP contribution is 2.43. The summed E-state index contributed by atoms with van der Waals surface area (Å²) in [4.78, 5) is 23.4. The number of halogens is 1. The van der Waals surface area contributed by atoms with Crippen LogP contribution in [0.25, 0.3) is 0 Å². The number of hydrogen-bond acceptors (Lipinski definition) is 6. The van der Waals surface area contributed by atoms with Gasteiger partial charge in [-0.05, 0) is 44.0 Å². The van der Waals surface area contributed by atoms with Crippen LogP contribution in [0.2, 0.25) is 0 Å². The number of aryl methyl sites for hydroxylation is 1. The summed E-state index contributed by atoms with van der Waals surface area (Å²) in [6.07, 6.45) is 5.89. The Kier molecular flexibility index (Phi) is 4.72. The van der Waals surface area contributed by atoms with E-state index in [-0.39, 0.29) is 22.8 Å². The molecule has 144 valence electrons. The summed E-state index contributed by atoms with van der Waals surface area (Å²) < 4.78 is 14.2. The lowest BCUT2D eigenvalue weighted by Crippen LogP contribution is -2.42. The van der Waals surface area contributed by atoms with Crippen LogP contribution < -0.4 is 10.6 Å². The number of H-pyrrole nitrogens is 1. The van der Waals surface area contributed by atoms with Crippen LogP contribution in [0.3, 0.4) is 0 Å². The molecule has 1 aliphatic carbocycles. The van der Waals surface area contributed by atoms with E-state index < -0.39 is 0 Å². The summed E-state index contributed by atoms with van der Waals surface area (Å²) >= 11 is 0. The molecule has 1 fully saturated rings. The second-order valence-corrected chi connectivity index (χ2v) is 6.96. The number of aromatic amines is 1. The molecule has 3 aromatic heterocycles. The fraction of sp³-hybridized carbons (Fsp3) is 0.316. The van der Waals surface area contributed by atoms with Crippen LogP contribution in [0.5, 0.6) is 0 Å². The maximum atomic E-state index is 14.2. The van der Waals surface area contributed by atoms with Crippen LogP contribution in [0, 0.1) is 12.7 Å². The topological polar surface area (TPSA) is 108 Å². The first-order valence-corrected chi connectivity index (χ1v) is 9.07. The number of carbonyl (C=O) groups excluding carboxylic acids is 1. The molecule has 8 nitrogen and oxygen atoms in total. The van der Waals surface area contributed by atoms with Gasteiger partial charge in [-0.15, -0.1) is 10.2 Å². The van der Waals surface area contributed by atoms with E-state index in [0.29, 0.717) is 23.9 Å². The smallest absolute Gasteiger partial charge is 0.277 e. The number of pyridine rings is 1. The number of nitrogens with zero attached hydrogens (tertiary/aromatic N) is 4. The summed E-state index contributed by atoms with van der Waals surface area (Å²) in [5.41, 5.74) is 1.10. The first kappa shape index (κ1) is 18.0. The third-order valence-electron chi connectivity index (χ3n) is 5.14. The fourth-order valence-corrected chi connectivity index (χ4v) is 3.34. The Hall–Kier alpha value is -3.36. The molecule has 9 heteroatoms. The molecule has 3 N–H and O–H groups in total. The molecule has 28 heavy (non-hydrogen) atoms. The summed E-state index contributed by atoms with van der Waals surface area (Å²) in [7, 11) is 0. The van der Waals surface area contributed by atoms with Crippen molar-refractivity contribution in [1.29, 1.82) is 0 Å². The minimum Gasteiger partial charge on any atom is -0.368 e. The fourth-order valence-electron chi connectivity index (χ4n) is 3.34. The SMILES string of the molecule is Cc1[nH]cnc1NC(=O)c1ccc(NCC2(c3ncccc3F)CCC2)nn1. The molecule has 0 aliphatic heterocycles. The molecule has 3 aromatic rings. The summed E-state index contributed by atoms with van der Waals surface area (Å²) in [5, 5.41) is 13.9. The zero-order valence-electron chi connectivity index (χ0n) is 15.4. The predicted octanol–water partition coefficient (Wildman–Crippen LogP) is 2.83. The Morgan fingerprint density at radius 3 is 2.71 bits per heavy atom. The highest BCUT2D eigenvalue weighted by molar-refractivity contribution is 6.02.